The molecular formula is C12H18N2O2S. The van der Waals surface area contributed by atoms with Crippen molar-refractivity contribution >= 4 is 17.7 Å². The quantitative estimate of drug-likeness (QED) is 0.825. The summed E-state index contributed by atoms with van der Waals surface area (Å²) in [6.45, 7) is 1.73. The molecule has 0 aromatic rings. The first-order valence-corrected chi connectivity index (χ1v) is 7.21. The lowest BCUT2D eigenvalue weighted by molar-refractivity contribution is -0.132. The van der Waals surface area contributed by atoms with Crippen molar-refractivity contribution in [1.82, 2.24) is 5.32 Å². The molecule has 94 valence electrons. The lowest BCUT2D eigenvalue weighted by Crippen LogP contribution is -2.45. The van der Waals surface area contributed by atoms with Crippen LogP contribution in [0.3, 0.4) is 0 Å². The zero-order valence-corrected chi connectivity index (χ0v) is 10.7. The summed E-state index contributed by atoms with van der Waals surface area (Å²) in [5, 5.41) is 12.7. The van der Waals surface area contributed by atoms with Crippen molar-refractivity contribution in [2.75, 3.05) is 25.5 Å². The van der Waals surface area contributed by atoms with Gasteiger partial charge in [-0.2, -0.15) is 17.0 Å². The number of amides is 1. The summed E-state index contributed by atoms with van der Waals surface area (Å²) in [7, 11) is 0. The first kappa shape index (κ1) is 12.7. The van der Waals surface area contributed by atoms with Crippen LogP contribution in [0.15, 0.2) is 0 Å². The highest BCUT2D eigenvalue weighted by Crippen LogP contribution is 2.30. The summed E-state index contributed by atoms with van der Waals surface area (Å²) in [5.74, 6) is 1.09. The molecule has 2 aliphatic heterocycles. The molecule has 17 heavy (non-hydrogen) atoms. The van der Waals surface area contributed by atoms with Crippen molar-refractivity contribution < 1.29 is 9.53 Å². The number of nitrogens with zero attached hydrogens (tertiary/aromatic N) is 1. The number of carbonyl (C=O) groups is 1. The molecule has 2 saturated heterocycles. The van der Waals surface area contributed by atoms with Crippen LogP contribution < -0.4 is 5.32 Å². The SMILES string of the molecule is N#CC1(C(=O)NCC2CCCS2)CCOCC1. The molecule has 2 heterocycles. The maximum absolute atomic E-state index is 12.1. The Morgan fingerprint density at radius 1 is 1.53 bits per heavy atom. The van der Waals surface area contributed by atoms with Crippen LogP contribution in [-0.4, -0.2) is 36.7 Å². The van der Waals surface area contributed by atoms with E-state index in [1.165, 1.54) is 18.6 Å². The summed E-state index contributed by atoms with van der Waals surface area (Å²) in [5.41, 5.74) is -0.846. The predicted molar refractivity (Wildman–Crippen MR) is 66.6 cm³/mol. The van der Waals surface area contributed by atoms with Gasteiger partial charge in [-0.05, 0) is 31.4 Å². The molecule has 1 atom stereocenters. The minimum atomic E-state index is -0.846. The number of ether oxygens (including phenoxy) is 1. The standard InChI is InChI=1S/C12H18N2O2S/c13-9-12(3-5-16-6-4-12)11(15)14-8-10-2-1-7-17-10/h10H,1-8H2,(H,14,15). The average Bonchev–Trinajstić information content (AvgIpc) is 2.90. The van der Waals surface area contributed by atoms with Crippen molar-refractivity contribution in [2.24, 2.45) is 5.41 Å². The number of hydrogen-bond acceptors (Lipinski definition) is 4. The Hall–Kier alpha value is -0.730. The number of carbonyl (C=O) groups excluding carboxylic acids is 1. The van der Waals surface area contributed by atoms with Gasteiger partial charge in [-0.15, -0.1) is 0 Å². The molecule has 5 heteroatoms. The normalized spacial score (nSPS) is 27.4. The molecule has 1 unspecified atom stereocenters. The summed E-state index contributed by atoms with van der Waals surface area (Å²) in [4.78, 5) is 12.1. The lowest BCUT2D eigenvalue weighted by atomic mass is 9.81. The highest BCUT2D eigenvalue weighted by molar-refractivity contribution is 8.00. The van der Waals surface area contributed by atoms with Gasteiger partial charge in [-0.1, -0.05) is 0 Å². The maximum Gasteiger partial charge on any atom is 0.240 e. The Morgan fingerprint density at radius 3 is 2.88 bits per heavy atom. The fraction of sp³-hybridized carbons (Fsp3) is 0.833. The second-order valence-electron chi connectivity index (χ2n) is 4.65. The minimum Gasteiger partial charge on any atom is -0.381 e. The monoisotopic (exact) mass is 254 g/mol. The molecule has 2 fully saturated rings. The van der Waals surface area contributed by atoms with Crippen LogP contribution in [0.2, 0.25) is 0 Å². The highest BCUT2D eigenvalue weighted by atomic mass is 32.2. The Labute approximate surface area is 106 Å². The van der Waals surface area contributed by atoms with Gasteiger partial charge in [0.05, 0.1) is 6.07 Å². The molecule has 0 radical (unpaired) electrons. The van der Waals surface area contributed by atoms with Crippen molar-refractivity contribution in [1.29, 1.82) is 5.26 Å². The van der Waals surface area contributed by atoms with Crippen molar-refractivity contribution in [3.05, 3.63) is 0 Å². The second-order valence-corrected chi connectivity index (χ2v) is 6.06. The molecule has 2 rings (SSSR count). The smallest absolute Gasteiger partial charge is 0.240 e. The van der Waals surface area contributed by atoms with Crippen LogP contribution >= 0.6 is 11.8 Å². The van der Waals surface area contributed by atoms with E-state index >= 15 is 0 Å². The number of rotatable bonds is 3. The Balaban J connectivity index is 1.86. The second kappa shape index (κ2) is 5.74. The fourth-order valence-electron chi connectivity index (χ4n) is 2.29. The number of hydrogen-bond donors (Lipinski definition) is 1. The molecule has 0 aromatic carbocycles. The zero-order valence-electron chi connectivity index (χ0n) is 9.91. The molecule has 0 saturated carbocycles. The molecule has 0 aromatic heterocycles. The van der Waals surface area contributed by atoms with Gasteiger partial charge in [0.25, 0.3) is 0 Å². The molecule has 1 N–H and O–H groups in total. The van der Waals surface area contributed by atoms with E-state index in [-0.39, 0.29) is 5.91 Å². The molecular weight excluding hydrogens is 236 g/mol. The molecule has 0 spiro atoms. The van der Waals surface area contributed by atoms with E-state index in [2.05, 4.69) is 11.4 Å². The predicted octanol–water partition coefficient (Wildman–Crippen LogP) is 1.32. The van der Waals surface area contributed by atoms with Gasteiger partial charge in [0, 0.05) is 25.0 Å². The Morgan fingerprint density at radius 2 is 2.29 bits per heavy atom. The zero-order chi connectivity index (χ0) is 12.1. The van der Waals surface area contributed by atoms with Gasteiger partial charge in [-0.3, -0.25) is 4.79 Å². The van der Waals surface area contributed by atoms with Crippen LogP contribution in [-0.2, 0) is 9.53 Å². The van der Waals surface area contributed by atoms with E-state index in [4.69, 9.17) is 4.74 Å². The van der Waals surface area contributed by atoms with Gasteiger partial charge in [0.1, 0.15) is 5.41 Å². The maximum atomic E-state index is 12.1. The third-order valence-electron chi connectivity index (χ3n) is 3.51. The van der Waals surface area contributed by atoms with Crippen LogP contribution in [0.25, 0.3) is 0 Å². The number of nitrogens with one attached hydrogen (secondary N) is 1. The molecule has 2 aliphatic rings. The topological polar surface area (TPSA) is 62.1 Å². The first-order valence-electron chi connectivity index (χ1n) is 6.16. The van der Waals surface area contributed by atoms with Crippen molar-refractivity contribution in [2.45, 2.75) is 30.9 Å². The van der Waals surface area contributed by atoms with E-state index in [1.54, 1.807) is 0 Å². The Bertz CT molecular complexity index is 315. The molecule has 0 aliphatic carbocycles. The van der Waals surface area contributed by atoms with E-state index in [0.717, 1.165) is 0 Å². The van der Waals surface area contributed by atoms with E-state index < -0.39 is 5.41 Å². The van der Waals surface area contributed by atoms with Gasteiger partial charge in [-0.25, -0.2) is 0 Å². The summed E-state index contributed by atoms with van der Waals surface area (Å²) in [6, 6.07) is 2.19. The van der Waals surface area contributed by atoms with Crippen LogP contribution in [0.1, 0.15) is 25.7 Å². The van der Waals surface area contributed by atoms with Gasteiger partial charge in [0.15, 0.2) is 0 Å². The summed E-state index contributed by atoms with van der Waals surface area (Å²) in [6.07, 6.45) is 3.45. The third kappa shape index (κ3) is 2.93. The van der Waals surface area contributed by atoms with Crippen molar-refractivity contribution in [3.63, 3.8) is 0 Å². The van der Waals surface area contributed by atoms with Crippen LogP contribution in [0, 0.1) is 16.7 Å². The number of thioether (sulfide) groups is 1. The van der Waals surface area contributed by atoms with Crippen LogP contribution in [0.4, 0.5) is 0 Å². The summed E-state index contributed by atoms with van der Waals surface area (Å²) >= 11 is 1.92. The molecule has 1 amide bonds. The third-order valence-corrected chi connectivity index (χ3v) is 4.91. The van der Waals surface area contributed by atoms with E-state index in [0.29, 0.717) is 37.9 Å². The molecule has 4 nitrogen and oxygen atoms in total. The summed E-state index contributed by atoms with van der Waals surface area (Å²) < 4.78 is 5.22. The average molecular weight is 254 g/mol. The van der Waals surface area contributed by atoms with Gasteiger partial charge in [0.2, 0.25) is 5.91 Å². The van der Waals surface area contributed by atoms with E-state index in [1.807, 2.05) is 11.8 Å². The molecule has 0 bridgehead atoms. The first-order chi connectivity index (χ1) is 8.27. The van der Waals surface area contributed by atoms with Gasteiger partial charge < -0.3 is 10.1 Å². The van der Waals surface area contributed by atoms with Gasteiger partial charge >= 0.3 is 0 Å². The Kier molecular flexibility index (Phi) is 4.30. The highest BCUT2D eigenvalue weighted by Gasteiger charge is 2.40. The largest absolute Gasteiger partial charge is 0.381 e. The van der Waals surface area contributed by atoms with E-state index in [9.17, 15) is 10.1 Å². The lowest BCUT2D eigenvalue weighted by Gasteiger charge is -2.29. The van der Waals surface area contributed by atoms with Crippen LogP contribution in [0.5, 0.6) is 0 Å². The number of nitriles is 1. The fourth-order valence-corrected chi connectivity index (χ4v) is 3.49. The van der Waals surface area contributed by atoms with Crippen molar-refractivity contribution in [3.8, 4) is 6.07 Å². The minimum absolute atomic E-state index is 0.101.